The predicted octanol–water partition coefficient (Wildman–Crippen LogP) is -0.374. The molecule has 0 aliphatic carbocycles. The van der Waals surface area contributed by atoms with Crippen molar-refractivity contribution < 1.29 is 37.3 Å². The predicted molar refractivity (Wildman–Crippen MR) is 35.0 cm³/mol. The summed E-state index contributed by atoms with van der Waals surface area (Å²) < 4.78 is 43.7. The molecule has 0 rings (SSSR count). The van der Waals surface area contributed by atoms with Crippen molar-refractivity contribution in [2.75, 3.05) is 14.2 Å². The van der Waals surface area contributed by atoms with E-state index in [9.17, 15) is 22.8 Å². The van der Waals surface area contributed by atoms with E-state index in [4.69, 9.17) is 5.11 Å². The molecule has 5 nitrogen and oxygen atoms in total. The summed E-state index contributed by atoms with van der Waals surface area (Å²) in [5, 5.41) is 8.81. The van der Waals surface area contributed by atoms with Crippen molar-refractivity contribution in [1.29, 1.82) is 0 Å². The number of hydrogen-bond donors (Lipinski definition) is 1. The third-order valence-electron chi connectivity index (χ3n) is 1.37. The Labute approximate surface area is 76.4 Å². The molecular weight excluding hydrogens is 209 g/mol. The monoisotopic (exact) mass is 216 g/mol. The first-order valence-electron chi connectivity index (χ1n) is 3.17. The second-order valence-electron chi connectivity index (χ2n) is 2.19. The van der Waals surface area contributed by atoms with Crippen molar-refractivity contribution >= 4 is 11.9 Å². The van der Waals surface area contributed by atoms with Crippen molar-refractivity contribution in [3.8, 4) is 0 Å². The molecule has 0 amide bonds. The summed E-state index contributed by atoms with van der Waals surface area (Å²) in [6.07, 6.45) is -5.49. The molecule has 0 fully saturated rings. The summed E-state index contributed by atoms with van der Waals surface area (Å²) in [4.78, 5) is 21.2. The number of rotatable bonds is 2. The van der Waals surface area contributed by atoms with Crippen LogP contribution in [-0.2, 0) is 19.1 Å². The van der Waals surface area contributed by atoms with Crippen LogP contribution in [0, 0.1) is 0 Å². The molecule has 1 N–H and O–H groups in total. The van der Waals surface area contributed by atoms with Crippen LogP contribution in [0.2, 0.25) is 0 Å². The van der Waals surface area contributed by atoms with Crippen LogP contribution in [0.5, 0.6) is 0 Å². The maximum Gasteiger partial charge on any atom is 0.439 e. The number of alkyl halides is 3. The lowest BCUT2D eigenvalue weighted by Crippen LogP contribution is -2.59. The van der Waals surface area contributed by atoms with E-state index in [1.165, 1.54) is 0 Å². The van der Waals surface area contributed by atoms with Gasteiger partial charge in [-0.25, -0.2) is 9.59 Å². The van der Waals surface area contributed by atoms with Gasteiger partial charge in [0, 0.05) is 0 Å². The third-order valence-corrected chi connectivity index (χ3v) is 1.37. The molecule has 82 valence electrons. The molecule has 14 heavy (non-hydrogen) atoms. The van der Waals surface area contributed by atoms with Crippen molar-refractivity contribution in [3.05, 3.63) is 0 Å². The van der Waals surface area contributed by atoms with Gasteiger partial charge in [0.05, 0.1) is 14.2 Å². The van der Waals surface area contributed by atoms with Crippen LogP contribution >= 0.6 is 0 Å². The first-order valence-corrected chi connectivity index (χ1v) is 3.17. The van der Waals surface area contributed by atoms with E-state index in [0.717, 1.165) is 0 Å². The van der Waals surface area contributed by atoms with E-state index in [2.05, 4.69) is 9.47 Å². The van der Waals surface area contributed by atoms with Crippen molar-refractivity contribution in [1.82, 2.24) is 0 Å². The number of methoxy groups -OCH3 is 2. The summed E-state index contributed by atoms with van der Waals surface area (Å²) in [5.74, 6) is -4.28. The Morgan fingerprint density at radius 3 is 1.50 bits per heavy atom. The molecule has 0 aliphatic heterocycles. The lowest BCUT2D eigenvalue weighted by molar-refractivity contribution is -0.262. The third kappa shape index (κ3) is 1.79. The summed E-state index contributed by atoms with van der Waals surface area (Å²) in [5.41, 5.74) is -4.27. The molecule has 0 aromatic carbocycles. The standard InChI is InChI=1S/C6H7F3O5/c1-13-3(10)5(12,4(11)14-2)6(7,8)9/h12H,1-2H3. The molecule has 0 bridgehead atoms. The summed E-state index contributed by atoms with van der Waals surface area (Å²) in [6, 6.07) is 0. The SMILES string of the molecule is COC(=O)C(O)(C(=O)OC)C(F)(F)F. The summed E-state index contributed by atoms with van der Waals surface area (Å²) in [6.45, 7) is 0. The Bertz CT molecular complexity index is 230. The lowest BCUT2D eigenvalue weighted by Gasteiger charge is -2.24. The quantitative estimate of drug-likeness (QED) is 0.503. The molecule has 8 heteroatoms. The van der Waals surface area contributed by atoms with Crippen LogP contribution in [0.3, 0.4) is 0 Å². The highest BCUT2D eigenvalue weighted by atomic mass is 19.4. The lowest BCUT2D eigenvalue weighted by atomic mass is 10.0. The molecule has 0 aromatic rings. The van der Waals surface area contributed by atoms with E-state index >= 15 is 0 Å². The molecule has 0 heterocycles. The van der Waals surface area contributed by atoms with Gasteiger partial charge in [0.25, 0.3) is 0 Å². The van der Waals surface area contributed by atoms with E-state index < -0.39 is 23.7 Å². The molecule has 0 saturated carbocycles. The van der Waals surface area contributed by atoms with Crippen LogP contribution in [-0.4, -0.2) is 43.0 Å². The molecule has 0 spiro atoms. The molecule has 0 radical (unpaired) electrons. The molecular formula is C6H7F3O5. The maximum atomic E-state index is 12.1. The van der Waals surface area contributed by atoms with Gasteiger partial charge in [-0.2, -0.15) is 13.2 Å². The van der Waals surface area contributed by atoms with Crippen molar-refractivity contribution in [2.45, 2.75) is 11.8 Å². The Balaban J connectivity index is 5.27. The normalized spacial score (nSPS) is 12.1. The van der Waals surface area contributed by atoms with Crippen LogP contribution in [0.15, 0.2) is 0 Å². The van der Waals surface area contributed by atoms with Crippen molar-refractivity contribution in [2.24, 2.45) is 0 Å². The van der Waals surface area contributed by atoms with Gasteiger partial charge in [0.2, 0.25) is 0 Å². The highest BCUT2D eigenvalue weighted by Gasteiger charge is 2.67. The fourth-order valence-corrected chi connectivity index (χ4v) is 0.610. The van der Waals surface area contributed by atoms with Gasteiger partial charge in [-0.1, -0.05) is 0 Å². The average molecular weight is 216 g/mol. The number of ether oxygens (including phenoxy) is 2. The minimum Gasteiger partial charge on any atom is -0.466 e. The first-order chi connectivity index (χ1) is 6.21. The molecule has 0 aromatic heterocycles. The van der Waals surface area contributed by atoms with Crippen molar-refractivity contribution in [3.63, 3.8) is 0 Å². The van der Waals surface area contributed by atoms with Gasteiger partial charge in [-0.05, 0) is 0 Å². The molecule has 0 aliphatic rings. The van der Waals surface area contributed by atoms with E-state index in [1.807, 2.05) is 0 Å². The minimum atomic E-state index is -5.49. The zero-order chi connectivity index (χ0) is 11.6. The fourth-order valence-electron chi connectivity index (χ4n) is 0.610. The first kappa shape index (κ1) is 12.7. The second kappa shape index (κ2) is 3.82. The van der Waals surface area contributed by atoms with Gasteiger partial charge < -0.3 is 14.6 Å². The van der Waals surface area contributed by atoms with Crippen LogP contribution in [0.1, 0.15) is 0 Å². The minimum absolute atomic E-state index is 0.599. The van der Waals surface area contributed by atoms with Crippen LogP contribution < -0.4 is 0 Å². The highest BCUT2D eigenvalue weighted by Crippen LogP contribution is 2.32. The van der Waals surface area contributed by atoms with Crippen LogP contribution in [0.4, 0.5) is 13.2 Å². The van der Waals surface area contributed by atoms with E-state index in [1.54, 1.807) is 0 Å². The number of esters is 2. The average Bonchev–Trinajstić information content (AvgIpc) is 2.12. The zero-order valence-corrected chi connectivity index (χ0v) is 7.21. The van der Waals surface area contributed by atoms with Gasteiger partial charge in [-0.15, -0.1) is 0 Å². The molecule has 0 atom stereocenters. The summed E-state index contributed by atoms with van der Waals surface area (Å²) in [7, 11) is 1.20. The fraction of sp³-hybridized carbons (Fsp3) is 0.667. The van der Waals surface area contributed by atoms with Gasteiger partial charge in [-0.3, -0.25) is 0 Å². The number of aliphatic hydroxyl groups is 1. The Kier molecular flexibility index (Phi) is 3.47. The van der Waals surface area contributed by atoms with Gasteiger partial charge in [0.15, 0.2) is 0 Å². The Morgan fingerprint density at radius 1 is 1.07 bits per heavy atom. The van der Waals surface area contributed by atoms with Gasteiger partial charge >= 0.3 is 23.7 Å². The summed E-state index contributed by atoms with van der Waals surface area (Å²) >= 11 is 0. The molecule has 0 unspecified atom stereocenters. The number of carbonyl (C=O) groups is 2. The smallest absolute Gasteiger partial charge is 0.439 e. The number of halogens is 3. The largest absolute Gasteiger partial charge is 0.466 e. The Hall–Kier alpha value is -1.31. The number of hydrogen-bond acceptors (Lipinski definition) is 5. The molecule has 0 saturated heterocycles. The maximum absolute atomic E-state index is 12.1. The van der Waals surface area contributed by atoms with E-state index in [-0.39, 0.29) is 0 Å². The van der Waals surface area contributed by atoms with E-state index in [0.29, 0.717) is 14.2 Å². The topological polar surface area (TPSA) is 72.8 Å². The Morgan fingerprint density at radius 2 is 1.36 bits per heavy atom. The van der Waals surface area contributed by atoms with Gasteiger partial charge in [0.1, 0.15) is 0 Å². The highest BCUT2D eigenvalue weighted by molar-refractivity contribution is 6.04. The second-order valence-corrected chi connectivity index (χ2v) is 2.19. The number of carbonyl (C=O) groups excluding carboxylic acids is 2. The van der Waals surface area contributed by atoms with Crippen LogP contribution in [0.25, 0.3) is 0 Å². The zero-order valence-electron chi connectivity index (χ0n) is 7.21.